The topological polar surface area (TPSA) is 46.9 Å². The molecule has 1 aromatic rings. The third-order valence-electron chi connectivity index (χ3n) is 2.17. The Balaban J connectivity index is 2.84. The quantitative estimate of drug-likeness (QED) is 0.686. The number of hydrogen-bond acceptors (Lipinski definition) is 3. The molecule has 17 heavy (non-hydrogen) atoms. The molecule has 0 saturated carbocycles. The summed E-state index contributed by atoms with van der Waals surface area (Å²) in [7, 11) is 0. The van der Waals surface area contributed by atoms with Gasteiger partial charge in [-0.15, -0.1) is 11.8 Å². The maximum atomic E-state index is 11.9. The first-order valence-corrected chi connectivity index (χ1v) is 6.28. The highest BCUT2D eigenvalue weighted by Crippen LogP contribution is 2.16. The van der Waals surface area contributed by atoms with E-state index >= 15 is 0 Å². The van der Waals surface area contributed by atoms with Crippen molar-refractivity contribution in [3.63, 3.8) is 0 Å². The number of nitrogens with one attached hydrogen (secondary N) is 1. The van der Waals surface area contributed by atoms with Crippen LogP contribution >= 0.6 is 15.9 Å². The van der Waals surface area contributed by atoms with Crippen molar-refractivity contribution in [2.24, 2.45) is 0 Å². The summed E-state index contributed by atoms with van der Waals surface area (Å²) in [6, 6.07) is 0.0545. The highest BCUT2D eigenvalue weighted by Gasteiger charge is 2.09. The minimum absolute atomic E-state index is 0.0545. The molecule has 0 bridgehead atoms. The Labute approximate surface area is 110 Å². The highest BCUT2D eigenvalue weighted by molar-refractivity contribution is 9.10. The molecule has 1 rings (SSSR count). The van der Waals surface area contributed by atoms with E-state index in [1.54, 1.807) is 13.1 Å². The third-order valence-corrected chi connectivity index (χ3v) is 2.94. The lowest BCUT2D eigenvalue weighted by atomic mass is 10.3. The normalized spacial score (nSPS) is 9.94. The van der Waals surface area contributed by atoms with Crippen LogP contribution in [-0.2, 0) is 0 Å². The molecular weight excluding hydrogens is 282 g/mol. The largest absolute Gasteiger partial charge is 0.382 e. The van der Waals surface area contributed by atoms with Crippen LogP contribution in [0.5, 0.6) is 0 Å². The van der Waals surface area contributed by atoms with E-state index in [0.717, 1.165) is 6.42 Å². The summed E-state index contributed by atoms with van der Waals surface area (Å²) in [6.45, 7) is 6.35. The molecule has 1 N–H and O–H groups in total. The molecule has 1 heterocycles. The fourth-order valence-corrected chi connectivity index (χ4v) is 1.74. The van der Waals surface area contributed by atoms with Gasteiger partial charge in [0.15, 0.2) is 0 Å². The van der Waals surface area contributed by atoms with E-state index in [1.807, 2.05) is 13.8 Å². The molecule has 1 aromatic heterocycles. The Kier molecular flexibility index (Phi) is 5.23. The zero-order chi connectivity index (χ0) is 12.8. The van der Waals surface area contributed by atoms with Crippen LogP contribution in [0.2, 0.25) is 0 Å². The zero-order valence-corrected chi connectivity index (χ0v) is 11.8. The second kappa shape index (κ2) is 6.45. The van der Waals surface area contributed by atoms with Crippen LogP contribution in [-0.4, -0.2) is 16.3 Å². The summed E-state index contributed by atoms with van der Waals surface area (Å²) < 4.78 is 1.96. The maximum Gasteiger partial charge on any atom is 0.283 e. The molecule has 5 heteroatoms. The van der Waals surface area contributed by atoms with Gasteiger partial charge in [0.05, 0.1) is 17.9 Å². The molecule has 0 aliphatic carbocycles. The average Bonchev–Trinajstić information content (AvgIpc) is 2.29. The minimum Gasteiger partial charge on any atom is -0.382 e. The van der Waals surface area contributed by atoms with E-state index in [1.165, 1.54) is 4.68 Å². The number of aromatic nitrogens is 2. The first-order chi connectivity index (χ1) is 8.07. The van der Waals surface area contributed by atoms with Crippen LogP contribution < -0.4 is 10.9 Å². The zero-order valence-electron chi connectivity index (χ0n) is 10.2. The summed E-state index contributed by atoms with van der Waals surface area (Å²) in [5.41, 5.74) is 0.594. The Morgan fingerprint density at radius 1 is 1.59 bits per heavy atom. The highest BCUT2D eigenvalue weighted by atomic mass is 79.9. The summed E-state index contributed by atoms with van der Waals surface area (Å²) in [5.74, 6) is 5.77. The van der Waals surface area contributed by atoms with Gasteiger partial charge in [0.1, 0.15) is 4.47 Å². The summed E-state index contributed by atoms with van der Waals surface area (Å²) >= 11 is 3.30. The van der Waals surface area contributed by atoms with Crippen LogP contribution in [0.1, 0.15) is 33.2 Å². The predicted octanol–water partition coefficient (Wildman–Crippen LogP) is 2.41. The maximum absolute atomic E-state index is 11.9. The lowest BCUT2D eigenvalue weighted by molar-refractivity contribution is 0.501. The van der Waals surface area contributed by atoms with E-state index in [-0.39, 0.29) is 11.6 Å². The van der Waals surface area contributed by atoms with Crippen molar-refractivity contribution >= 4 is 21.6 Å². The van der Waals surface area contributed by atoms with Crippen LogP contribution in [0.15, 0.2) is 15.5 Å². The van der Waals surface area contributed by atoms with Gasteiger partial charge in [-0.3, -0.25) is 4.79 Å². The number of anilines is 1. The van der Waals surface area contributed by atoms with E-state index in [2.05, 4.69) is 38.2 Å². The number of rotatable bonds is 4. The molecule has 0 spiro atoms. The lowest BCUT2D eigenvalue weighted by Crippen LogP contribution is -2.26. The van der Waals surface area contributed by atoms with Crippen molar-refractivity contribution in [3.05, 3.63) is 21.0 Å². The molecule has 0 fully saturated rings. The van der Waals surface area contributed by atoms with Crippen molar-refractivity contribution in [1.29, 1.82) is 0 Å². The SMILES string of the molecule is CC#CCCNc1cnn(C(C)C)c(=O)c1Br. The van der Waals surface area contributed by atoms with Gasteiger partial charge >= 0.3 is 0 Å². The molecule has 4 nitrogen and oxygen atoms in total. The monoisotopic (exact) mass is 297 g/mol. The standard InChI is InChI=1S/C12H16BrN3O/c1-4-5-6-7-14-10-8-15-16(9(2)3)12(17)11(10)13/h8-9,14H,6-7H2,1-3H3. The minimum atomic E-state index is -0.119. The molecule has 0 aromatic carbocycles. The van der Waals surface area contributed by atoms with Crippen molar-refractivity contribution < 1.29 is 0 Å². The van der Waals surface area contributed by atoms with E-state index < -0.39 is 0 Å². The second-order valence-electron chi connectivity index (χ2n) is 3.82. The van der Waals surface area contributed by atoms with Gasteiger partial charge in [0.25, 0.3) is 5.56 Å². The van der Waals surface area contributed by atoms with Gasteiger partial charge in [-0.2, -0.15) is 5.10 Å². The Morgan fingerprint density at radius 2 is 2.29 bits per heavy atom. The molecule has 0 aliphatic rings. The predicted molar refractivity (Wildman–Crippen MR) is 73.1 cm³/mol. The molecular formula is C12H16BrN3O. The number of nitrogens with zero attached hydrogens (tertiary/aromatic N) is 2. The van der Waals surface area contributed by atoms with Gasteiger partial charge in [-0.1, -0.05) is 0 Å². The Bertz CT molecular complexity index is 497. The van der Waals surface area contributed by atoms with Crippen molar-refractivity contribution in [2.75, 3.05) is 11.9 Å². The fraction of sp³-hybridized carbons (Fsp3) is 0.500. The van der Waals surface area contributed by atoms with E-state index in [0.29, 0.717) is 16.7 Å². The Hall–Kier alpha value is -1.28. The van der Waals surface area contributed by atoms with Crippen molar-refractivity contribution in [3.8, 4) is 11.8 Å². The lowest BCUT2D eigenvalue weighted by Gasteiger charge is -2.11. The van der Waals surface area contributed by atoms with Gasteiger partial charge in [-0.05, 0) is 36.7 Å². The molecule has 0 atom stereocenters. The van der Waals surface area contributed by atoms with Gasteiger partial charge in [-0.25, -0.2) is 4.68 Å². The first-order valence-electron chi connectivity index (χ1n) is 5.48. The molecule has 0 unspecified atom stereocenters. The first kappa shape index (κ1) is 13.8. The van der Waals surface area contributed by atoms with Crippen molar-refractivity contribution in [1.82, 2.24) is 9.78 Å². The summed E-state index contributed by atoms with van der Waals surface area (Å²) in [5, 5.41) is 7.24. The van der Waals surface area contributed by atoms with Gasteiger partial charge < -0.3 is 5.32 Å². The summed E-state index contributed by atoms with van der Waals surface area (Å²) in [6.07, 6.45) is 2.40. The summed E-state index contributed by atoms with van der Waals surface area (Å²) in [4.78, 5) is 11.9. The number of halogens is 1. The average molecular weight is 298 g/mol. The van der Waals surface area contributed by atoms with Gasteiger partial charge in [0, 0.05) is 13.0 Å². The fourth-order valence-electron chi connectivity index (χ4n) is 1.32. The van der Waals surface area contributed by atoms with Crippen molar-refractivity contribution in [2.45, 2.75) is 33.2 Å². The van der Waals surface area contributed by atoms with E-state index in [9.17, 15) is 4.79 Å². The van der Waals surface area contributed by atoms with E-state index in [4.69, 9.17) is 0 Å². The van der Waals surface area contributed by atoms with Crippen LogP contribution in [0.4, 0.5) is 5.69 Å². The van der Waals surface area contributed by atoms with Crippen LogP contribution in [0.25, 0.3) is 0 Å². The number of hydrogen-bond donors (Lipinski definition) is 1. The second-order valence-corrected chi connectivity index (χ2v) is 4.61. The molecule has 92 valence electrons. The Morgan fingerprint density at radius 3 is 2.88 bits per heavy atom. The molecule has 0 aliphatic heterocycles. The third kappa shape index (κ3) is 3.60. The van der Waals surface area contributed by atoms with Gasteiger partial charge in [0.2, 0.25) is 0 Å². The van der Waals surface area contributed by atoms with Crippen LogP contribution in [0, 0.1) is 11.8 Å². The molecule has 0 amide bonds. The molecule has 0 radical (unpaired) electrons. The molecule has 0 saturated heterocycles. The van der Waals surface area contributed by atoms with Crippen LogP contribution in [0.3, 0.4) is 0 Å². The smallest absolute Gasteiger partial charge is 0.283 e.